The highest BCUT2D eigenvalue weighted by atomic mass is 79.9. The van der Waals surface area contributed by atoms with Gasteiger partial charge in [-0.3, -0.25) is 14.9 Å². The summed E-state index contributed by atoms with van der Waals surface area (Å²) in [5, 5.41) is 20.4. The van der Waals surface area contributed by atoms with Gasteiger partial charge in [0.1, 0.15) is 18.2 Å². The van der Waals surface area contributed by atoms with E-state index in [2.05, 4.69) is 25.9 Å². The van der Waals surface area contributed by atoms with Gasteiger partial charge in [0.05, 0.1) is 16.5 Å². The lowest BCUT2D eigenvalue weighted by Crippen LogP contribution is -2.14. The molecule has 31 heavy (non-hydrogen) atoms. The first-order chi connectivity index (χ1) is 14.8. The Morgan fingerprint density at radius 1 is 1.29 bits per heavy atom. The second-order valence-electron chi connectivity index (χ2n) is 6.16. The van der Waals surface area contributed by atoms with E-state index in [1.807, 2.05) is 0 Å². The first-order valence-electron chi connectivity index (χ1n) is 8.69. The normalized spacial score (nSPS) is 10.9. The quantitative estimate of drug-likeness (QED) is 0.376. The summed E-state index contributed by atoms with van der Waals surface area (Å²) in [6.45, 7) is 0.192. The first kappa shape index (κ1) is 22.0. The van der Waals surface area contributed by atoms with Gasteiger partial charge in [0, 0.05) is 0 Å². The molecule has 9 nitrogen and oxygen atoms in total. The van der Waals surface area contributed by atoms with Crippen molar-refractivity contribution in [2.45, 2.75) is 6.61 Å². The Balaban J connectivity index is 1.83. The molecule has 3 rings (SSSR count). The van der Waals surface area contributed by atoms with Gasteiger partial charge in [-0.2, -0.15) is 4.98 Å². The summed E-state index contributed by atoms with van der Waals surface area (Å²) >= 11 is 3.41. The lowest BCUT2D eigenvalue weighted by molar-refractivity contribution is -0.387. The molecule has 0 fully saturated rings. The Labute approximate surface area is 183 Å². The Hall–Kier alpha value is -3.73. The molecule has 0 saturated heterocycles. The van der Waals surface area contributed by atoms with Gasteiger partial charge in [0.15, 0.2) is 11.5 Å². The molecule has 2 N–H and O–H groups in total. The third-order valence-electron chi connectivity index (χ3n) is 4.06. The molecule has 1 heterocycles. The molecule has 160 valence electrons. The van der Waals surface area contributed by atoms with Crippen LogP contribution in [0.1, 0.15) is 17.0 Å². The lowest BCUT2D eigenvalue weighted by atomic mass is 10.2. The molecule has 0 aliphatic carbocycles. The minimum absolute atomic E-state index is 0.0696. The third-order valence-corrected chi connectivity index (χ3v) is 4.65. The highest BCUT2D eigenvalue weighted by molar-refractivity contribution is 9.10. The van der Waals surface area contributed by atoms with E-state index in [0.29, 0.717) is 21.5 Å². The average molecular weight is 492 g/mol. The standard InChI is InChI=1S/C20H15BrFN3O6/c1-30-15-9-12(4-7-16-23-19(26)17(25(28)29)20(27)24-16)8-14(21)18(15)31-10-11-2-5-13(22)6-3-11/h2-9H,10H2,1H3,(H2,23,24,26,27)/b7-4-. The number of nitro groups is 1. The van der Waals surface area contributed by atoms with Crippen molar-refractivity contribution in [3.05, 3.63) is 84.1 Å². The van der Waals surface area contributed by atoms with E-state index in [-0.39, 0.29) is 18.2 Å². The number of hydrogen-bond donors (Lipinski definition) is 2. The van der Waals surface area contributed by atoms with Crippen LogP contribution in [0.15, 0.2) is 45.7 Å². The minimum atomic E-state index is -1.07. The Bertz CT molecular complexity index is 1210. The van der Waals surface area contributed by atoms with E-state index in [1.165, 1.54) is 25.3 Å². The number of aromatic hydroxyl groups is 1. The fraction of sp³-hybridized carbons (Fsp3) is 0.100. The van der Waals surface area contributed by atoms with Gasteiger partial charge in [-0.1, -0.05) is 18.2 Å². The molecule has 0 unspecified atom stereocenters. The number of aromatic amines is 1. The van der Waals surface area contributed by atoms with Crippen LogP contribution in [0.4, 0.5) is 10.1 Å². The van der Waals surface area contributed by atoms with Crippen LogP contribution in [0.2, 0.25) is 0 Å². The van der Waals surface area contributed by atoms with Gasteiger partial charge in [-0.15, -0.1) is 0 Å². The maximum Gasteiger partial charge on any atom is 0.395 e. The Morgan fingerprint density at radius 3 is 2.61 bits per heavy atom. The fourth-order valence-electron chi connectivity index (χ4n) is 2.60. The first-order valence-corrected chi connectivity index (χ1v) is 9.48. The molecule has 0 atom stereocenters. The summed E-state index contributed by atoms with van der Waals surface area (Å²) in [5.41, 5.74) is -0.699. The lowest BCUT2D eigenvalue weighted by Gasteiger charge is -2.13. The molecule has 11 heteroatoms. The number of H-pyrrole nitrogens is 1. The molecular weight excluding hydrogens is 477 g/mol. The molecule has 0 saturated carbocycles. The van der Waals surface area contributed by atoms with Crippen molar-refractivity contribution < 1.29 is 23.9 Å². The SMILES string of the molecule is COc1cc(/C=C\c2nc(O)c([N+](=O)[O-])c(=O)[nH]2)cc(Br)c1OCc1ccc(F)cc1. The molecule has 0 aliphatic heterocycles. The number of nitrogens with zero attached hydrogens (tertiary/aromatic N) is 2. The Morgan fingerprint density at radius 2 is 2.00 bits per heavy atom. The number of hydrogen-bond acceptors (Lipinski definition) is 7. The van der Waals surface area contributed by atoms with Crippen molar-refractivity contribution in [1.29, 1.82) is 0 Å². The summed E-state index contributed by atoms with van der Waals surface area (Å²) in [7, 11) is 1.47. The maximum absolute atomic E-state index is 13.0. The maximum atomic E-state index is 13.0. The van der Waals surface area contributed by atoms with Crippen LogP contribution in [0.5, 0.6) is 17.4 Å². The molecule has 3 aromatic rings. The van der Waals surface area contributed by atoms with Crippen molar-refractivity contribution >= 4 is 33.8 Å². The summed E-state index contributed by atoms with van der Waals surface area (Å²) in [5.74, 6) is -0.542. The number of rotatable bonds is 7. The molecule has 0 radical (unpaired) electrons. The van der Waals surface area contributed by atoms with Crippen molar-refractivity contribution in [3.63, 3.8) is 0 Å². The van der Waals surface area contributed by atoms with Crippen molar-refractivity contribution in [2.75, 3.05) is 7.11 Å². The van der Waals surface area contributed by atoms with Gasteiger partial charge in [-0.25, -0.2) is 4.39 Å². The molecule has 0 amide bonds. The predicted octanol–water partition coefficient (Wildman–Crippen LogP) is 4.04. The molecule has 1 aromatic heterocycles. The number of benzene rings is 2. The zero-order valence-corrected chi connectivity index (χ0v) is 17.6. The van der Waals surface area contributed by atoms with E-state index in [0.717, 1.165) is 5.56 Å². The number of aromatic nitrogens is 2. The summed E-state index contributed by atoms with van der Waals surface area (Å²) in [4.78, 5) is 27.3. The van der Waals surface area contributed by atoms with Crippen molar-refractivity contribution in [3.8, 4) is 17.4 Å². The minimum Gasteiger partial charge on any atom is -0.493 e. The van der Waals surface area contributed by atoms with E-state index in [4.69, 9.17) is 9.47 Å². The van der Waals surface area contributed by atoms with Crippen LogP contribution in [0.3, 0.4) is 0 Å². The smallest absolute Gasteiger partial charge is 0.395 e. The molecule has 0 aliphatic rings. The largest absolute Gasteiger partial charge is 0.493 e. The number of halogens is 2. The highest BCUT2D eigenvalue weighted by Crippen LogP contribution is 2.37. The van der Waals surface area contributed by atoms with Crippen LogP contribution in [-0.2, 0) is 6.61 Å². The monoisotopic (exact) mass is 491 g/mol. The van der Waals surface area contributed by atoms with Crippen molar-refractivity contribution in [2.24, 2.45) is 0 Å². The summed E-state index contributed by atoms with van der Waals surface area (Å²) in [6.07, 6.45) is 2.92. The highest BCUT2D eigenvalue weighted by Gasteiger charge is 2.21. The van der Waals surface area contributed by atoms with Gasteiger partial charge in [-0.05, 0) is 57.4 Å². The van der Waals surface area contributed by atoms with E-state index < -0.39 is 22.0 Å². The topological polar surface area (TPSA) is 128 Å². The van der Waals surface area contributed by atoms with Gasteiger partial charge in [0.2, 0.25) is 0 Å². The fourth-order valence-corrected chi connectivity index (χ4v) is 3.18. The molecule has 0 bridgehead atoms. The molecular formula is C20H15BrFN3O6. The number of ether oxygens (including phenoxy) is 2. The summed E-state index contributed by atoms with van der Waals surface area (Å²) < 4.78 is 24.8. The second-order valence-corrected chi connectivity index (χ2v) is 7.02. The third kappa shape index (κ3) is 5.25. The van der Waals surface area contributed by atoms with Crippen molar-refractivity contribution in [1.82, 2.24) is 9.97 Å². The van der Waals surface area contributed by atoms with Crippen LogP contribution in [0.25, 0.3) is 12.2 Å². The van der Waals surface area contributed by atoms with E-state index in [9.17, 15) is 24.4 Å². The van der Waals surface area contributed by atoms with E-state index >= 15 is 0 Å². The van der Waals surface area contributed by atoms with Gasteiger partial charge in [0.25, 0.3) is 5.88 Å². The second kappa shape index (κ2) is 9.39. The van der Waals surface area contributed by atoms with Crippen LogP contribution < -0.4 is 15.0 Å². The molecule has 2 aromatic carbocycles. The van der Waals surface area contributed by atoms with Crippen LogP contribution in [0, 0.1) is 15.9 Å². The zero-order chi connectivity index (χ0) is 22.5. The zero-order valence-electron chi connectivity index (χ0n) is 16.0. The van der Waals surface area contributed by atoms with Crippen LogP contribution >= 0.6 is 15.9 Å². The van der Waals surface area contributed by atoms with E-state index in [1.54, 1.807) is 30.3 Å². The van der Waals surface area contributed by atoms with Gasteiger partial charge >= 0.3 is 11.2 Å². The van der Waals surface area contributed by atoms with Crippen LogP contribution in [-0.4, -0.2) is 27.1 Å². The predicted molar refractivity (Wildman–Crippen MR) is 114 cm³/mol. The number of methoxy groups -OCH3 is 1. The van der Waals surface area contributed by atoms with Gasteiger partial charge < -0.3 is 19.6 Å². The Kier molecular flexibility index (Phi) is 6.65. The molecule has 0 spiro atoms. The average Bonchev–Trinajstić information content (AvgIpc) is 2.71. The number of nitrogens with one attached hydrogen (secondary N) is 1. The summed E-state index contributed by atoms with van der Waals surface area (Å²) in [6, 6.07) is 9.27.